The zero-order valence-corrected chi connectivity index (χ0v) is 25.2. The first-order valence-electron chi connectivity index (χ1n) is 14.9. The van der Waals surface area contributed by atoms with E-state index in [1.54, 1.807) is 6.20 Å². The Morgan fingerprint density at radius 2 is 1.83 bits per heavy atom. The molecule has 0 radical (unpaired) electrons. The number of imidazole rings is 1. The monoisotopic (exact) mass is 603 g/mol. The van der Waals surface area contributed by atoms with Crippen molar-refractivity contribution in [2.45, 2.75) is 103 Å². The van der Waals surface area contributed by atoms with E-state index in [-0.39, 0.29) is 40.7 Å². The first kappa shape index (κ1) is 31.6. The van der Waals surface area contributed by atoms with E-state index in [9.17, 15) is 18.4 Å². The topological polar surface area (TPSA) is 119 Å². The number of anilines is 3. The molecule has 1 aliphatic carbocycles. The summed E-state index contributed by atoms with van der Waals surface area (Å²) >= 11 is 6.22. The van der Waals surface area contributed by atoms with Gasteiger partial charge in [-0.05, 0) is 57.4 Å². The van der Waals surface area contributed by atoms with Crippen LogP contribution in [-0.2, 0) is 9.59 Å². The van der Waals surface area contributed by atoms with E-state index in [0.717, 1.165) is 44.1 Å². The second-order valence-electron chi connectivity index (χ2n) is 11.0. The molecule has 3 aromatic rings. The van der Waals surface area contributed by atoms with Crippen molar-refractivity contribution < 1.29 is 18.4 Å². The van der Waals surface area contributed by atoms with Crippen LogP contribution in [-0.4, -0.2) is 43.8 Å². The second kappa shape index (κ2) is 14.2. The summed E-state index contributed by atoms with van der Waals surface area (Å²) in [5.41, 5.74) is 6.56. The Kier molecular flexibility index (Phi) is 10.7. The van der Waals surface area contributed by atoms with Gasteiger partial charge in [-0.25, -0.2) is 18.7 Å². The van der Waals surface area contributed by atoms with Crippen molar-refractivity contribution in [3.8, 4) is 0 Å². The zero-order chi connectivity index (χ0) is 30.4. The molecule has 0 bridgehead atoms. The molecule has 0 unspecified atom stereocenters. The number of aldehydes is 1. The molecule has 0 aliphatic heterocycles. The molecule has 2 aromatic heterocycles. The number of amides is 1. The minimum Gasteiger partial charge on any atom is -0.369 e. The fraction of sp³-hybridized carbons (Fsp3) is 0.567. The van der Waals surface area contributed by atoms with E-state index < -0.39 is 11.6 Å². The molecule has 1 aromatic carbocycles. The number of rotatable bonds is 14. The van der Waals surface area contributed by atoms with Crippen molar-refractivity contribution in [3.63, 3.8) is 0 Å². The Bertz CT molecular complexity index is 1370. The van der Waals surface area contributed by atoms with Crippen molar-refractivity contribution in [1.82, 2.24) is 19.5 Å². The van der Waals surface area contributed by atoms with Crippen LogP contribution in [0.25, 0.3) is 11.2 Å². The Labute approximate surface area is 250 Å². The second-order valence-corrected chi connectivity index (χ2v) is 11.4. The van der Waals surface area contributed by atoms with Crippen molar-refractivity contribution in [1.29, 1.82) is 0 Å². The van der Waals surface area contributed by atoms with Gasteiger partial charge in [0.15, 0.2) is 11.5 Å². The van der Waals surface area contributed by atoms with Crippen molar-refractivity contribution in [2.24, 2.45) is 11.7 Å². The summed E-state index contributed by atoms with van der Waals surface area (Å²) in [7, 11) is 0. The van der Waals surface area contributed by atoms with Crippen molar-refractivity contribution in [2.75, 3.05) is 10.2 Å². The molecule has 1 aliphatic rings. The zero-order valence-electron chi connectivity index (χ0n) is 24.5. The molecule has 2 heterocycles. The van der Waals surface area contributed by atoms with Gasteiger partial charge < -0.3 is 20.7 Å². The van der Waals surface area contributed by atoms with Gasteiger partial charge in [-0.2, -0.15) is 4.98 Å². The lowest BCUT2D eigenvalue weighted by Gasteiger charge is -2.38. The molecule has 1 saturated carbocycles. The van der Waals surface area contributed by atoms with Crippen LogP contribution in [0.3, 0.4) is 0 Å². The molecule has 42 heavy (non-hydrogen) atoms. The predicted octanol–water partition coefficient (Wildman–Crippen LogP) is 6.86. The number of hydrogen-bond acceptors (Lipinski definition) is 7. The molecule has 228 valence electrons. The number of fused-ring (bicyclic) bond motifs is 1. The summed E-state index contributed by atoms with van der Waals surface area (Å²) in [5, 5.41) is 2.87. The van der Waals surface area contributed by atoms with Gasteiger partial charge in [0, 0.05) is 36.5 Å². The third-order valence-corrected chi connectivity index (χ3v) is 8.63. The van der Waals surface area contributed by atoms with Crippen molar-refractivity contribution in [3.05, 3.63) is 35.0 Å². The number of benzene rings is 1. The van der Waals surface area contributed by atoms with Crippen LogP contribution in [0, 0.1) is 17.6 Å². The molecule has 0 spiro atoms. The minimum absolute atomic E-state index is 0.0660. The Morgan fingerprint density at radius 3 is 2.43 bits per heavy atom. The van der Waals surface area contributed by atoms with Gasteiger partial charge in [0.2, 0.25) is 17.8 Å². The Morgan fingerprint density at radius 1 is 1.14 bits per heavy atom. The average Bonchev–Trinajstić information content (AvgIpc) is 3.33. The quantitative estimate of drug-likeness (QED) is 0.193. The smallest absolute Gasteiger partial charge is 0.227 e. The maximum atomic E-state index is 14.8. The number of primary amides is 1. The molecule has 1 amide bonds. The van der Waals surface area contributed by atoms with Gasteiger partial charge in [-0.15, -0.1) is 0 Å². The average molecular weight is 604 g/mol. The van der Waals surface area contributed by atoms with Crippen LogP contribution < -0.4 is 16.0 Å². The lowest BCUT2D eigenvalue weighted by molar-refractivity contribution is -0.122. The van der Waals surface area contributed by atoms with E-state index in [1.807, 2.05) is 4.57 Å². The van der Waals surface area contributed by atoms with Gasteiger partial charge in [0.05, 0.1) is 16.9 Å². The number of nitrogens with two attached hydrogens (primary N) is 1. The normalized spacial score (nSPS) is 18.5. The SMILES string of the molecule is CCC[C@H](CC)N(c1ncc2nc(Nc3c(F)cc(F)cc3Cl)n(C3CCC(C(N)=O)CC3)c2n1)[C@@H](CC)CCC=O. The highest BCUT2D eigenvalue weighted by molar-refractivity contribution is 6.33. The molecular weight excluding hydrogens is 564 g/mol. The van der Waals surface area contributed by atoms with E-state index >= 15 is 0 Å². The summed E-state index contributed by atoms with van der Waals surface area (Å²) in [6, 6.07) is 1.93. The van der Waals surface area contributed by atoms with Crippen LogP contribution in [0.15, 0.2) is 18.3 Å². The van der Waals surface area contributed by atoms with Crippen LogP contribution in [0.1, 0.15) is 91.0 Å². The van der Waals surface area contributed by atoms with Gasteiger partial charge in [0.1, 0.15) is 17.6 Å². The maximum absolute atomic E-state index is 14.8. The number of carbonyl (C=O) groups excluding carboxylic acids is 2. The Balaban J connectivity index is 1.85. The largest absolute Gasteiger partial charge is 0.369 e. The lowest BCUT2D eigenvalue weighted by atomic mass is 9.85. The molecule has 9 nitrogen and oxygen atoms in total. The summed E-state index contributed by atoms with van der Waals surface area (Å²) in [4.78, 5) is 39.9. The maximum Gasteiger partial charge on any atom is 0.227 e. The van der Waals surface area contributed by atoms with Crippen LogP contribution >= 0.6 is 11.6 Å². The fourth-order valence-electron chi connectivity index (χ4n) is 6.13. The van der Waals surface area contributed by atoms with Crippen molar-refractivity contribution >= 4 is 52.5 Å². The predicted molar refractivity (Wildman–Crippen MR) is 161 cm³/mol. The standard InChI is InChI=1S/C30H40ClF2N7O2/c1-4-8-20(5-2)39(21(6-3)9-7-14-41)29-35-17-25-28(38-29)40(22-12-10-18(11-13-22)27(34)42)30(36-25)37-26-23(31)15-19(32)16-24(26)33/h14-18,20-22H,4-13H2,1-3H3,(H2,34,42)(H,36,37)/t18?,20-,21-,22?/m0/s1. The third-order valence-electron chi connectivity index (χ3n) is 8.33. The fourth-order valence-corrected chi connectivity index (χ4v) is 6.37. The first-order valence-corrected chi connectivity index (χ1v) is 15.3. The molecule has 1 fully saturated rings. The molecule has 12 heteroatoms. The first-order chi connectivity index (χ1) is 20.2. The van der Waals surface area contributed by atoms with Crippen LogP contribution in [0.2, 0.25) is 5.02 Å². The molecule has 3 N–H and O–H groups in total. The Hall–Kier alpha value is -3.34. The molecular formula is C30H40ClF2N7O2. The van der Waals surface area contributed by atoms with E-state index in [2.05, 4.69) is 31.0 Å². The number of nitrogens with zero attached hydrogens (tertiary/aromatic N) is 5. The minimum atomic E-state index is -0.847. The summed E-state index contributed by atoms with van der Waals surface area (Å²) in [5.74, 6) is -1.31. The number of hydrogen-bond donors (Lipinski definition) is 2. The number of halogens is 3. The highest BCUT2D eigenvalue weighted by Crippen LogP contribution is 2.39. The summed E-state index contributed by atoms with van der Waals surface area (Å²) < 4.78 is 30.5. The number of nitrogens with one attached hydrogen (secondary N) is 1. The highest BCUT2D eigenvalue weighted by atomic mass is 35.5. The highest BCUT2D eigenvalue weighted by Gasteiger charge is 2.31. The van der Waals surface area contributed by atoms with Crippen LogP contribution in [0.5, 0.6) is 0 Å². The third kappa shape index (κ3) is 6.82. The molecule has 2 atom stereocenters. The summed E-state index contributed by atoms with van der Waals surface area (Å²) in [6.45, 7) is 6.39. The summed E-state index contributed by atoms with van der Waals surface area (Å²) in [6.07, 6.45) is 9.87. The van der Waals surface area contributed by atoms with Crippen LogP contribution in [0.4, 0.5) is 26.4 Å². The molecule has 4 rings (SSSR count). The lowest BCUT2D eigenvalue weighted by Crippen LogP contribution is -2.44. The number of aromatic nitrogens is 4. The van der Waals surface area contributed by atoms with Gasteiger partial charge in [-0.3, -0.25) is 9.36 Å². The van der Waals surface area contributed by atoms with E-state index in [4.69, 9.17) is 32.3 Å². The van der Waals surface area contributed by atoms with E-state index in [1.165, 1.54) is 0 Å². The van der Waals surface area contributed by atoms with E-state index in [0.29, 0.717) is 61.6 Å². The molecule has 0 saturated heterocycles. The van der Waals surface area contributed by atoms with Gasteiger partial charge in [0.25, 0.3) is 0 Å². The van der Waals surface area contributed by atoms with Gasteiger partial charge in [-0.1, -0.05) is 38.8 Å². The van der Waals surface area contributed by atoms with Gasteiger partial charge >= 0.3 is 0 Å². The number of carbonyl (C=O) groups is 2.